The van der Waals surface area contributed by atoms with E-state index in [-0.39, 0.29) is 30.3 Å². The lowest BCUT2D eigenvalue weighted by molar-refractivity contribution is -0.394. The van der Waals surface area contributed by atoms with Crippen LogP contribution in [0, 0.1) is 20.2 Å². The summed E-state index contributed by atoms with van der Waals surface area (Å²) in [4.78, 5) is 45.3. The summed E-state index contributed by atoms with van der Waals surface area (Å²) in [6.45, 7) is 3.43. The number of carbonyl (C=O) groups excluding carboxylic acids is 2. The summed E-state index contributed by atoms with van der Waals surface area (Å²) in [5.41, 5.74) is 3.26. The first kappa shape index (κ1) is 33.7. The summed E-state index contributed by atoms with van der Waals surface area (Å²) in [5, 5.41) is 41.9. The average molecular weight is 651 g/mol. The van der Waals surface area contributed by atoms with Gasteiger partial charge in [-0.15, -0.1) is 0 Å². The molecule has 1 aliphatic heterocycles. The van der Waals surface area contributed by atoms with Crippen molar-refractivity contribution in [2.24, 2.45) is 5.10 Å². The van der Waals surface area contributed by atoms with Crippen LogP contribution in [0.1, 0.15) is 31.0 Å². The zero-order valence-corrected chi connectivity index (χ0v) is 25.3. The molecule has 0 saturated heterocycles. The maximum Gasteiger partial charge on any atom is 0.337 e. The highest BCUT2D eigenvalue weighted by atomic mass is 16.6. The van der Waals surface area contributed by atoms with E-state index in [0.717, 1.165) is 18.2 Å². The molecular formula is C30H30N6O11. The van der Waals surface area contributed by atoms with Gasteiger partial charge in [-0.25, -0.2) is 9.59 Å². The average Bonchev–Trinajstić information content (AvgIpc) is 3.04. The van der Waals surface area contributed by atoms with E-state index in [1.165, 1.54) is 25.5 Å². The summed E-state index contributed by atoms with van der Waals surface area (Å²) in [6, 6.07) is 12.9. The van der Waals surface area contributed by atoms with Gasteiger partial charge in [0, 0.05) is 11.8 Å². The number of nitrogens with zero attached hydrogens (tertiary/aromatic N) is 3. The molecule has 0 radical (unpaired) electrons. The SMILES string of the molecule is CCOc1cc([C@H]2NC(=O)NC(C)=C2C(=O)OC)ccc1OC[C@@H](O)N/N=C\c1ccc(Oc2ccc([N+](=O)[O-])cc2[N+](=O)[O-])cc1. The second-order valence-corrected chi connectivity index (χ2v) is 9.75. The predicted molar refractivity (Wildman–Crippen MR) is 165 cm³/mol. The van der Waals surface area contributed by atoms with Crippen LogP contribution >= 0.6 is 0 Å². The molecule has 0 saturated carbocycles. The third-order valence-corrected chi connectivity index (χ3v) is 6.57. The molecule has 1 heterocycles. The van der Waals surface area contributed by atoms with E-state index in [4.69, 9.17) is 18.9 Å². The van der Waals surface area contributed by atoms with Crippen LogP contribution in [-0.2, 0) is 9.53 Å². The number of aliphatic hydroxyl groups excluding tert-OH is 1. The molecule has 3 aromatic rings. The number of nitro groups is 2. The Morgan fingerprint density at radius 1 is 1.04 bits per heavy atom. The molecule has 47 heavy (non-hydrogen) atoms. The third-order valence-electron chi connectivity index (χ3n) is 6.57. The molecular weight excluding hydrogens is 620 g/mol. The van der Waals surface area contributed by atoms with Crippen LogP contribution < -0.4 is 30.3 Å². The quantitative estimate of drug-likeness (QED) is 0.0642. The number of hydrogen-bond acceptors (Lipinski definition) is 13. The Labute approximate surface area is 267 Å². The minimum Gasteiger partial charge on any atom is -0.490 e. The van der Waals surface area contributed by atoms with E-state index in [2.05, 4.69) is 21.2 Å². The summed E-state index contributed by atoms with van der Waals surface area (Å²) in [6.07, 6.45) is 0.176. The fraction of sp³-hybridized carbons (Fsp3) is 0.233. The molecule has 3 aromatic carbocycles. The first-order chi connectivity index (χ1) is 22.5. The number of non-ortho nitro benzene ring substituents is 1. The van der Waals surface area contributed by atoms with Gasteiger partial charge in [0.15, 0.2) is 17.7 Å². The Morgan fingerprint density at radius 3 is 2.43 bits per heavy atom. The molecule has 0 aliphatic carbocycles. The number of methoxy groups -OCH3 is 1. The standard InChI is InChI=1S/C30H30N6O11/c1-4-45-25-13-19(28-27(29(38)44-3)17(2)32-30(39)33-28)7-11-24(25)46-16-26(37)34-31-15-18-5-9-21(10-6-18)47-23-12-8-20(35(40)41)14-22(23)36(42)43/h5-15,26,28,34,37H,4,16H2,1-3H3,(H2,32,33,39)/b31-15-/t26-,28-/m1/s1. The lowest BCUT2D eigenvalue weighted by Crippen LogP contribution is -2.45. The van der Waals surface area contributed by atoms with E-state index < -0.39 is 45.5 Å². The van der Waals surface area contributed by atoms with Gasteiger partial charge in [0.1, 0.15) is 12.4 Å². The first-order valence-electron chi connectivity index (χ1n) is 13.9. The molecule has 2 amide bonds. The van der Waals surface area contributed by atoms with Crippen LogP contribution in [-0.4, -0.2) is 59.7 Å². The van der Waals surface area contributed by atoms with E-state index >= 15 is 0 Å². The Morgan fingerprint density at radius 2 is 1.77 bits per heavy atom. The number of hydrazone groups is 1. The van der Waals surface area contributed by atoms with Crippen molar-refractivity contribution in [1.29, 1.82) is 0 Å². The van der Waals surface area contributed by atoms with Crippen molar-refractivity contribution in [3.05, 3.63) is 103 Å². The van der Waals surface area contributed by atoms with Gasteiger partial charge in [0.2, 0.25) is 5.75 Å². The van der Waals surface area contributed by atoms with Crippen LogP contribution in [0.4, 0.5) is 16.2 Å². The highest BCUT2D eigenvalue weighted by molar-refractivity contribution is 5.95. The van der Waals surface area contributed by atoms with Crippen molar-refractivity contribution in [3.8, 4) is 23.0 Å². The number of ether oxygens (including phenoxy) is 4. The number of nitrogens with one attached hydrogen (secondary N) is 3. The Kier molecular flexibility index (Phi) is 10.9. The van der Waals surface area contributed by atoms with Gasteiger partial charge in [-0.2, -0.15) is 5.10 Å². The number of aliphatic hydroxyl groups is 1. The van der Waals surface area contributed by atoms with Crippen molar-refractivity contribution >= 4 is 29.6 Å². The second-order valence-electron chi connectivity index (χ2n) is 9.75. The Hall–Kier alpha value is -6.23. The van der Waals surface area contributed by atoms with Gasteiger partial charge >= 0.3 is 17.7 Å². The number of hydrogen-bond donors (Lipinski definition) is 4. The Balaban J connectivity index is 1.36. The summed E-state index contributed by atoms with van der Waals surface area (Å²) >= 11 is 0. The highest BCUT2D eigenvalue weighted by Gasteiger charge is 2.32. The minimum atomic E-state index is -1.23. The molecule has 17 nitrogen and oxygen atoms in total. The van der Waals surface area contributed by atoms with Gasteiger partial charge in [-0.1, -0.05) is 6.07 Å². The number of esters is 1. The van der Waals surface area contributed by atoms with Crippen molar-refractivity contribution in [2.45, 2.75) is 26.1 Å². The molecule has 0 fully saturated rings. The second kappa shape index (κ2) is 15.2. The molecule has 0 spiro atoms. The van der Waals surface area contributed by atoms with Crippen molar-refractivity contribution < 1.29 is 43.5 Å². The summed E-state index contributed by atoms with van der Waals surface area (Å²) in [7, 11) is 1.25. The van der Waals surface area contributed by atoms with E-state index in [9.17, 15) is 34.9 Å². The number of urea groups is 1. The van der Waals surface area contributed by atoms with Gasteiger partial charge < -0.3 is 34.7 Å². The number of allylic oxidation sites excluding steroid dienone is 1. The smallest absolute Gasteiger partial charge is 0.337 e. The molecule has 2 atom stereocenters. The van der Waals surface area contributed by atoms with Crippen molar-refractivity contribution in [3.63, 3.8) is 0 Å². The molecule has 0 unspecified atom stereocenters. The predicted octanol–water partition coefficient (Wildman–Crippen LogP) is 3.82. The van der Waals surface area contributed by atoms with Crippen molar-refractivity contribution in [1.82, 2.24) is 16.1 Å². The van der Waals surface area contributed by atoms with E-state index in [1.54, 1.807) is 44.2 Å². The van der Waals surface area contributed by atoms with Crippen LogP contribution in [0.3, 0.4) is 0 Å². The topological polar surface area (TPSA) is 226 Å². The third kappa shape index (κ3) is 8.49. The normalized spacial score (nSPS) is 14.9. The number of amides is 2. The number of nitro benzene ring substituents is 2. The molecule has 4 rings (SSSR count). The fourth-order valence-electron chi connectivity index (χ4n) is 4.42. The molecule has 246 valence electrons. The number of carbonyl (C=O) groups is 2. The summed E-state index contributed by atoms with van der Waals surface area (Å²) < 4.78 is 21.9. The number of benzene rings is 3. The Bertz CT molecular complexity index is 1730. The van der Waals surface area contributed by atoms with E-state index in [1.807, 2.05) is 0 Å². The maximum atomic E-state index is 12.4. The van der Waals surface area contributed by atoms with E-state index in [0.29, 0.717) is 28.3 Å². The molecule has 0 bridgehead atoms. The largest absolute Gasteiger partial charge is 0.490 e. The molecule has 0 aromatic heterocycles. The van der Waals surface area contributed by atoms with Gasteiger partial charge in [-0.05, 0) is 67.4 Å². The van der Waals surface area contributed by atoms with Crippen molar-refractivity contribution in [2.75, 3.05) is 20.3 Å². The zero-order valence-electron chi connectivity index (χ0n) is 25.3. The number of rotatable bonds is 14. The van der Waals surface area contributed by atoms with Gasteiger partial charge in [-0.3, -0.25) is 25.7 Å². The van der Waals surface area contributed by atoms with Crippen LogP contribution in [0.25, 0.3) is 0 Å². The van der Waals surface area contributed by atoms with Crippen LogP contribution in [0.15, 0.2) is 77.0 Å². The molecule has 4 N–H and O–H groups in total. The van der Waals surface area contributed by atoms with Gasteiger partial charge in [0.05, 0.1) is 47.5 Å². The molecule has 1 aliphatic rings. The van der Waals surface area contributed by atoms with Crippen LogP contribution in [0.5, 0.6) is 23.0 Å². The lowest BCUT2D eigenvalue weighted by atomic mass is 9.95. The van der Waals surface area contributed by atoms with Gasteiger partial charge in [0.25, 0.3) is 5.69 Å². The minimum absolute atomic E-state index is 0.162. The summed E-state index contributed by atoms with van der Waals surface area (Å²) in [5.74, 6) is 0.0872. The molecule has 17 heteroatoms. The highest BCUT2D eigenvalue weighted by Crippen LogP contribution is 2.36. The lowest BCUT2D eigenvalue weighted by Gasteiger charge is -2.28. The monoisotopic (exact) mass is 650 g/mol. The fourth-order valence-corrected chi connectivity index (χ4v) is 4.42. The van der Waals surface area contributed by atoms with Crippen LogP contribution in [0.2, 0.25) is 0 Å². The zero-order chi connectivity index (χ0) is 34.1. The first-order valence-corrected chi connectivity index (χ1v) is 13.9. The maximum absolute atomic E-state index is 12.4.